The second-order valence-electron chi connectivity index (χ2n) is 5.20. The van der Waals surface area contributed by atoms with Crippen molar-refractivity contribution in [2.45, 2.75) is 19.4 Å². The van der Waals surface area contributed by atoms with Gasteiger partial charge in [-0.3, -0.25) is 4.79 Å². The van der Waals surface area contributed by atoms with Crippen molar-refractivity contribution >= 4 is 15.7 Å². The number of amides is 1. The highest BCUT2D eigenvalue weighted by molar-refractivity contribution is 7.91. The molecular formula is C15H21NO5S. The highest BCUT2D eigenvalue weighted by atomic mass is 32.2. The summed E-state index contributed by atoms with van der Waals surface area (Å²) in [6.07, 6.45) is 0.504. The second-order valence-corrected chi connectivity index (χ2v) is 7.43. The SMILES string of the molecule is CCN(C(=O)COc1ccc(OC)cc1)[C@@H]1CCS(=O)(=O)C1. The summed E-state index contributed by atoms with van der Waals surface area (Å²) in [7, 11) is -1.43. The van der Waals surface area contributed by atoms with Crippen molar-refractivity contribution in [3.63, 3.8) is 0 Å². The molecule has 2 rings (SSSR count). The first-order chi connectivity index (χ1) is 10.4. The van der Waals surface area contributed by atoms with E-state index in [-0.39, 0.29) is 30.1 Å². The Labute approximate surface area is 130 Å². The van der Waals surface area contributed by atoms with Gasteiger partial charge in [0.2, 0.25) is 0 Å². The number of benzene rings is 1. The van der Waals surface area contributed by atoms with E-state index in [2.05, 4.69) is 0 Å². The van der Waals surface area contributed by atoms with Crippen LogP contribution < -0.4 is 9.47 Å². The van der Waals surface area contributed by atoms with Gasteiger partial charge in [0, 0.05) is 12.6 Å². The number of sulfone groups is 1. The molecule has 1 aromatic rings. The first kappa shape index (κ1) is 16.6. The summed E-state index contributed by atoms with van der Waals surface area (Å²) in [6, 6.07) is 6.72. The van der Waals surface area contributed by atoms with Crippen LogP contribution in [0.5, 0.6) is 11.5 Å². The molecule has 0 aromatic heterocycles. The van der Waals surface area contributed by atoms with Crippen LogP contribution in [0.1, 0.15) is 13.3 Å². The summed E-state index contributed by atoms with van der Waals surface area (Å²) in [6.45, 7) is 2.22. The van der Waals surface area contributed by atoms with Crippen molar-refractivity contribution in [2.24, 2.45) is 0 Å². The third-order valence-electron chi connectivity index (χ3n) is 3.73. The summed E-state index contributed by atoms with van der Waals surface area (Å²) in [5.74, 6) is 1.30. The number of carbonyl (C=O) groups is 1. The minimum absolute atomic E-state index is 0.0507. The molecule has 1 aromatic carbocycles. The van der Waals surface area contributed by atoms with Crippen LogP contribution in [0, 0.1) is 0 Å². The van der Waals surface area contributed by atoms with Crippen molar-refractivity contribution in [1.82, 2.24) is 4.90 Å². The van der Waals surface area contributed by atoms with Crippen LogP contribution in [-0.4, -0.2) is 57.0 Å². The third kappa shape index (κ3) is 4.13. The van der Waals surface area contributed by atoms with Crippen molar-refractivity contribution in [2.75, 3.05) is 31.8 Å². The fourth-order valence-corrected chi connectivity index (χ4v) is 4.29. The lowest BCUT2D eigenvalue weighted by atomic mass is 10.2. The highest BCUT2D eigenvalue weighted by Gasteiger charge is 2.33. The van der Waals surface area contributed by atoms with E-state index in [1.807, 2.05) is 6.92 Å². The minimum Gasteiger partial charge on any atom is -0.497 e. The maximum Gasteiger partial charge on any atom is 0.260 e. The second kappa shape index (κ2) is 7.00. The zero-order valence-corrected chi connectivity index (χ0v) is 13.6. The first-order valence-corrected chi connectivity index (χ1v) is 9.04. The maximum atomic E-state index is 12.3. The Morgan fingerprint density at radius 3 is 2.41 bits per heavy atom. The molecule has 22 heavy (non-hydrogen) atoms. The number of methoxy groups -OCH3 is 1. The van der Waals surface area contributed by atoms with Gasteiger partial charge in [0.1, 0.15) is 11.5 Å². The predicted molar refractivity (Wildman–Crippen MR) is 82.9 cm³/mol. The normalized spacial score (nSPS) is 19.6. The molecule has 1 heterocycles. The Kier molecular flexibility index (Phi) is 5.28. The van der Waals surface area contributed by atoms with Crippen LogP contribution in [0.3, 0.4) is 0 Å². The number of hydrogen-bond donors (Lipinski definition) is 0. The van der Waals surface area contributed by atoms with Crippen LogP contribution in [0.15, 0.2) is 24.3 Å². The maximum absolute atomic E-state index is 12.3. The number of rotatable bonds is 6. The van der Waals surface area contributed by atoms with Gasteiger partial charge in [0.05, 0.1) is 18.6 Å². The van der Waals surface area contributed by atoms with E-state index in [9.17, 15) is 13.2 Å². The largest absolute Gasteiger partial charge is 0.497 e. The average molecular weight is 327 g/mol. The van der Waals surface area contributed by atoms with Gasteiger partial charge in [0.15, 0.2) is 16.4 Å². The van der Waals surface area contributed by atoms with Crippen LogP contribution in [0.4, 0.5) is 0 Å². The van der Waals surface area contributed by atoms with Crippen molar-refractivity contribution in [1.29, 1.82) is 0 Å². The first-order valence-electron chi connectivity index (χ1n) is 7.22. The van der Waals surface area contributed by atoms with E-state index >= 15 is 0 Å². The zero-order chi connectivity index (χ0) is 16.2. The third-order valence-corrected chi connectivity index (χ3v) is 5.48. The quantitative estimate of drug-likeness (QED) is 0.782. The highest BCUT2D eigenvalue weighted by Crippen LogP contribution is 2.19. The fourth-order valence-electron chi connectivity index (χ4n) is 2.56. The van der Waals surface area contributed by atoms with Gasteiger partial charge in [-0.15, -0.1) is 0 Å². The Balaban J connectivity index is 1.92. The predicted octanol–water partition coefficient (Wildman–Crippen LogP) is 1.11. The van der Waals surface area contributed by atoms with Gasteiger partial charge in [-0.2, -0.15) is 0 Å². The molecule has 0 radical (unpaired) electrons. The molecule has 0 bridgehead atoms. The van der Waals surface area contributed by atoms with E-state index in [4.69, 9.17) is 9.47 Å². The Morgan fingerprint density at radius 2 is 1.91 bits per heavy atom. The summed E-state index contributed by atoms with van der Waals surface area (Å²) in [4.78, 5) is 13.8. The molecule has 1 saturated heterocycles. The molecule has 122 valence electrons. The number of carbonyl (C=O) groups excluding carboxylic acids is 1. The summed E-state index contributed by atoms with van der Waals surface area (Å²) < 4.78 is 33.6. The van der Waals surface area contributed by atoms with Crippen LogP contribution in [0.25, 0.3) is 0 Å². The summed E-state index contributed by atoms with van der Waals surface area (Å²) in [5, 5.41) is 0. The molecule has 0 spiro atoms. The molecule has 7 heteroatoms. The molecule has 0 unspecified atom stereocenters. The lowest BCUT2D eigenvalue weighted by Crippen LogP contribution is -2.43. The number of likely N-dealkylation sites (N-methyl/N-ethyl adjacent to an activating group) is 1. The topological polar surface area (TPSA) is 72.9 Å². The molecule has 1 aliphatic rings. The van der Waals surface area contributed by atoms with Gasteiger partial charge in [-0.05, 0) is 37.6 Å². The molecule has 0 N–H and O–H groups in total. The molecule has 1 amide bonds. The molecule has 1 atom stereocenters. The van der Waals surface area contributed by atoms with E-state index in [1.165, 1.54) is 0 Å². The summed E-state index contributed by atoms with van der Waals surface area (Å²) >= 11 is 0. The Hall–Kier alpha value is -1.76. The Bertz CT molecular complexity index is 611. The standard InChI is InChI=1S/C15H21NO5S/c1-3-16(12-8-9-22(18,19)11-12)15(17)10-21-14-6-4-13(20-2)5-7-14/h4-7,12H,3,8-11H2,1-2H3/t12-/m1/s1. The molecule has 1 aliphatic heterocycles. The Morgan fingerprint density at radius 1 is 1.27 bits per heavy atom. The lowest BCUT2D eigenvalue weighted by Gasteiger charge is -2.26. The molecule has 0 aliphatic carbocycles. The fraction of sp³-hybridized carbons (Fsp3) is 0.533. The van der Waals surface area contributed by atoms with E-state index < -0.39 is 9.84 Å². The minimum atomic E-state index is -3.01. The molecule has 6 nitrogen and oxygen atoms in total. The van der Waals surface area contributed by atoms with Crippen LogP contribution in [0.2, 0.25) is 0 Å². The van der Waals surface area contributed by atoms with E-state index in [0.717, 1.165) is 0 Å². The van der Waals surface area contributed by atoms with Crippen LogP contribution >= 0.6 is 0 Å². The zero-order valence-electron chi connectivity index (χ0n) is 12.8. The molecule has 1 fully saturated rings. The van der Waals surface area contributed by atoms with Crippen molar-refractivity contribution in [3.8, 4) is 11.5 Å². The number of hydrogen-bond acceptors (Lipinski definition) is 5. The smallest absolute Gasteiger partial charge is 0.260 e. The summed E-state index contributed by atoms with van der Waals surface area (Å²) in [5.41, 5.74) is 0. The van der Waals surface area contributed by atoms with Gasteiger partial charge < -0.3 is 14.4 Å². The number of nitrogens with zero attached hydrogens (tertiary/aromatic N) is 1. The monoisotopic (exact) mass is 327 g/mol. The lowest BCUT2D eigenvalue weighted by molar-refractivity contribution is -0.135. The van der Waals surface area contributed by atoms with Gasteiger partial charge in [-0.1, -0.05) is 0 Å². The molecular weight excluding hydrogens is 306 g/mol. The van der Waals surface area contributed by atoms with Gasteiger partial charge >= 0.3 is 0 Å². The van der Waals surface area contributed by atoms with Gasteiger partial charge in [0.25, 0.3) is 5.91 Å². The van der Waals surface area contributed by atoms with Gasteiger partial charge in [-0.25, -0.2) is 8.42 Å². The average Bonchev–Trinajstić information content (AvgIpc) is 2.86. The van der Waals surface area contributed by atoms with Crippen molar-refractivity contribution in [3.05, 3.63) is 24.3 Å². The van der Waals surface area contributed by atoms with Crippen LogP contribution in [-0.2, 0) is 14.6 Å². The number of ether oxygens (including phenoxy) is 2. The van der Waals surface area contributed by atoms with E-state index in [1.54, 1.807) is 36.3 Å². The molecule has 0 saturated carbocycles. The van der Waals surface area contributed by atoms with E-state index in [0.29, 0.717) is 24.5 Å². The van der Waals surface area contributed by atoms with Crippen molar-refractivity contribution < 1.29 is 22.7 Å².